The van der Waals surface area contributed by atoms with E-state index < -0.39 is 0 Å². The maximum Gasteiger partial charge on any atom is 0.251 e. The maximum absolute atomic E-state index is 12.0. The van der Waals surface area contributed by atoms with Gasteiger partial charge in [-0.15, -0.1) is 0 Å². The third-order valence-corrected chi connectivity index (χ3v) is 4.25. The van der Waals surface area contributed by atoms with Crippen LogP contribution in [-0.4, -0.2) is 42.1 Å². The van der Waals surface area contributed by atoms with Crippen LogP contribution in [0.5, 0.6) is 5.75 Å². The van der Waals surface area contributed by atoms with Crippen molar-refractivity contribution in [3.05, 3.63) is 28.2 Å². The Morgan fingerprint density at radius 3 is 3.00 bits per heavy atom. The van der Waals surface area contributed by atoms with Gasteiger partial charge in [-0.1, -0.05) is 6.92 Å². The number of nitrogens with one attached hydrogen (secondary N) is 1. The van der Waals surface area contributed by atoms with Gasteiger partial charge in [0.15, 0.2) is 0 Å². The molecule has 1 atom stereocenters. The minimum absolute atomic E-state index is 0.0886. The summed E-state index contributed by atoms with van der Waals surface area (Å²) >= 11 is 3.20. The number of rotatable bonds is 4. The highest BCUT2D eigenvalue weighted by Gasteiger charge is 2.21. The molecule has 0 bridgehead atoms. The van der Waals surface area contributed by atoms with Gasteiger partial charge >= 0.3 is 0 Å². The first-order valence-corrected chi connectivity index (χ1v) is 7.38. The van der Waals surface area contributed by atoms with E-state index in [1.807, 2.05) is 0 Å². The number of phenols is 1. The van der Waals surface area contributed by atoms with E-state index in [4.69, 9.17) is 0 Å². The summed E-state index contributed by atoms with van der Waals surface area (Å²) in [7, 11) is 0. The van der Waals surface area contributed by atoms with Crippen LogP contribution in [0.3, 0.4) is 0 Å². The fourth-order valence-electron chi connectivity index (χ4n) is 2.36. The molecule has 2 rings (SSSR count). The Balaban J connectivity index is 1.86. The molecular weight excluding hydrogens is 308 g/mol. The van der Waals surface area contributed by atoms with E-state index in [0.717, 1.165) is 26.1 Å². The normalized spacial score (nSPS) is 19.6. The fraction of sp³-hybridized carbons (Fsp3) is 0.500. The number of amides is 1. The average Bonchev–Trinajstić information content (AvgIpc) is 2.87. The van der Waals surface area contributed by atoms with E-state index in [1.165, 1.54) is 6.07 Å². The lowest BCUT2D eigenvalue weighted by Crippen LogP contribution is -2.30. The summed E-state index contributed by atoms with van der Waals surface area (Å²) in [6.07, 6.45) is 1.14. The Morgan fingerprint density at radius 1 is 1.58 bits per heavy atom. The van der Waals surface area contributed by atoms with Crippen molar-refractivity contribution in [2.24, 2.45) is 5.92 Å². The molecule has 1 unspecified atom stereocenters. The molecule has 0 aliphatic carbocycles. The second-order valence-electron chi connectivity index (χ2n) is 4.92. The van der Waals surface area contributed by atoms with Gasteiger partial charge in [0, 0.05) is 18.7 Å². The van der Waals surface area contributed by atoms with Crippen molar-refractivity contribution in [2.75, 3.05) is 26.2 Å². The highest BCUT2D eigenvalue weighted by atomic mass is 79.9. The van der Waals surface area contributed by atoms with E-state index in [1.54, 1.807) is 12.1 Å². The first-order chi connectivity index (χ1) is 9.10. The number of hydrogen-bond acceptors (Lipinski definition) is 3. The fourth-order valence-corrected chi connectivity index (χ4v) is 2.61. The van der Waals surface area contributed by atoms with Crippen molar-refractivity contribution in [3.8, 4) is 5.75 Å². The summed E-state index contributed by atoms with van der Waals surface area (Å²) in [6.45, 7) is 6.11. The maximum atomic E-state index is 12.0. The molecule has 4 nitrogen and oxygen atoms in total. The zero-order chi connectivity index (χ0) is 13.8. The van der Waals surface area contributed by atoms with Crippen molar-refractivity contribution in [1.82, 2.24) is 10.2 Å². The number of halogens is 1. The molecule has 1 fully saturated rings. The van der Waals surface area contributed by atoms with Gasteiger partial charge in [-0.2, -0.15) is 0 Å². The molecule has 1 aromatic carbocycles. The molecule has 1 aliphatic rings. The van der Waals surface area contributed by atoms with Crippen LogP contribution in [0.15, 0.2) is 22.7 Å². The molecule has 0 spiro atoms. The standard InChI is InChI=1S/C14H19BrN2O2/c1-2-17-6-5-10(9-17)8-16-14(19)11-3-4-12(15)13(18)7-11/h3-4,7,10,18H,2,5-6,8-9H2,1H3,(H,16,19). The first kappa shape index (κ1) is 14.3. The monoisotopic (exact) mass is 326 g/mol. The first-order valence-electron chi connectivity index (χ1n) is 6.59. The Hall–Kier alpha value is -1.07. The van der Waals surface area contributed by atoms with Crippen molar-refractivity contribution >= 4 is 21.8 Å². The third kappa shape index (κ3) is 3.70. The van der Waals surface area contributed by atoms with Gasteiger partial charge in [-0.25, -0.2) is 0 Å². The number of carbonyl (C=O) groups excluding carboxylic acids is 1. The van der Waals surface area contributed by atoms with E-state index >= 15 is 0 Å². The van der Waals surface area contributed by atoms with Crippen LogP contribution in [0.4, 0.5) is 0 Å². The summed E-state index contributed by atoms with van der Waals surface area (Å²) in [4.78, 5) is 14.4. The zero-order valence-electron chi connectivity index (χ0n) is 11.0. The summed E-state index contributed by atoms with van der Waals surface area (Å²) < 4.78 is 0.596. The van der Waals surface area contributed by atoms with Crippen LogP contribution in [0.1, 0.15) is 23.7 Å². The number of benzene rings is 1. The molecule has 1 amide bonds. The Morgan fingerprint density at radius 2 is 2.37 bits per heavy atom. The Bertz CT molecular complexity index is 465. The van der Waals surface area contributed by atoms with Crippen molar-refractivity contribution in [2.45, 2.75) is 13.3 Å². The van der Waals surface area contributed by atoms with E-state index in [2.05, 4.69) is 33.1 Å². The van der Waals surface area contributed by atoms with Gasteiger partial charge < -0.3 is 15.3 Å². The quantitative estimate of drug-likeness (QED) is 0.892. The second kappa shape index (κ2) is 6.39. The zero-order valence-corrected chi connectivity index (χ0v) is 12.6. The lowest BCUT2D eigenvalue weighted by molar-refractivity contribution is 0.0947. The van der Waals surface area contributed by atoms with Gasteiger partial charge in [-0.3, -0.25) is 4.79 Å². The number of nitrogens with zero attached hydrogens (tertiary/aromatic N) is 1. The molecule has 1 aliphatic heterocycles. The van der Waals surface area contributed by atoms with Gasteiger partial charge in [0.2, 0.25) is 0 Å². The number of likely N-dealkylation sites (tertiary alicyclic amines) is 1. The highest BCUT2D eigenvalue weighted by molar-refractivity contribution is 9.10. The number of hydrogen-bond donors (Lipinski definition) is 2. The van der Waals surface area contributed by atoms with E-state index in [9.17, 15) is 9.90 Å². The summed E-state index contributed by atoms with van der Waals surface area (Å²) in [6, 6.07) is 4.86. The van der Waals surface area contributed by atoms with Gasteiger partial charge in [0.1, 0.15) is 5.75 Å². The molecular formula is C14H19BrN2O2. The molecule has 104 valence electrons. The van der Waals surface area contributed by atoms with Crippen molar-refractivity contribution in [1.29, 1.82) is 0 Å². The van der Waals surface area contributed by atoms with Crippen LogP contribution in [0.2, 0.25) is 0 Å². The SMILES string of the molecule is CCN1CCC(CNC(=O)c2ccc(Br)c(O)c2)C1. The minimum Gasteiger partial charge on any atom is -0.507 e. The Kier molecular flexibility index (Phi) is 4.82. The lowest BCUT2D eigenvalue weighted by Gasteiger charge is -2.13. The van der Waals surface area contributed by atoms with Crippen molar-refractivity contribution in [3.63, 3.8) is 0 Å². The second-order valence-corrected chi connectivity index (χ2v) is 5.78. The molecule has 2 N–H and O–H groups in total. The van der Waals surface area contributed by atoms with Crippen LogP contribution in [0.25, 0.3) is 0 Å². The number of phenolic OH excluding ortho intramolecular Hbond substituents is 1. The average molecular weight is 327 g/mol. The molecule has 0 aromatic heterocycles. The Labute approximate surface area is 121 Å². The van der Waals surface area contributed by atoms with Gasteiger partial charge in [-0.05, 0) is 59.6 Å². The molecule has 5 heteroatoms. The number of carbonyl (C=O) groups is 1. The van der Waals surface area contributed by atoms with Crippen molar-refractivity contribution < 1.29 is 9.90 Å². The van der Waals surface area contributed by atoms with Crippen LogP contribution < -0.4 is 5.32 Å². The molecule has 0 radical (unpaired) electrons. The minimum atomic E-state index is -0.127. The highest BCUT2D eigenvalue weighted by Crippen LogP contribution is 2.24. The summed E-state index contributed by atoms with van der Waals surface area (Å²) in [5.74, 6) is 0.497. The molecule has 1 heterocycles. The lowest BCUT2D eigenvalue weighted by atomic mass is 10.1. The molecule has 1 saturated heterocycles. The van der Waals surface area contributed by atoms with Crippen LogP contribution in [0, 0.1) is 5.92 Å². The molecule has 19 heavy (non-hydrogen) atoms. The van der Waals surface area contributed by atoms with E-state index in [0.29, 0.717) is 22.5 Å². The molecule has 1 aromatic rings. The van der Waals surface area contributed by atoms with Crippen LogP contribution >= 0.6 is 15.9 Å². The van der Waals surface area contributed by atoms with E-state index in [-0.39, 0.29) is 11.7 Å². The van der Waals surface area contributed by atoms with Crippen LogP contribution in [-0.2, 0) is 0 Å². The predicted molar refractivity (Wildman–Crippen MR) is 78.4 cm³/mol. The molecule has 0 saturated carbocycles. The largest absolute Gasteiger partial charge is 0.507 e. The predicted octanol–water partition coefficient (Wildman–Crippen LogP) is 2.23. The van der Waals surface area contributed by atoms with Gasteiger partial charge in [0.05, 0.1) is 4.47 Å². The number of aromatic hydroxyl groups is 1. The topological polar surface area (TPSA) is 52.6 Å². The summed E-state index contributed by atoms with van der Waals surface area (Å²) in [5, 5.41) is 12.5. The summed E-state index contributed by atoms with van der Waals surface area (Å²) in [5.41, 5.74) is 0.492. The smallest absolute Gasteiger partial charge is 0.251 e. The van der Waals surface area contributed by atoms with Gasteiger partial charge in [0.25, 0.3) is 5.91 Å². The third-order valence-electron chi connectivity index (χ3n) is 3.58.